The van der Waals surface area contributed by atoms with Crippen LogP contribution in [0.1, 0.15) is 26.2 Å². The van der Waals surface area contributed by atoms with E-state index in [-0.39, 0.29) is 5.50 Å². The summed E-state index contributed by atoms with van der Waals surface area (Å²) in [6.07, 6.45) is 3.65. The van der Waals surface area contributed by atoms with Crippen LogP contribution in [0.2, 0.25) is 0 Å². The van der Waals surface area contributed by atoms with Crippen molar-refractivity contribution >= 4 is 17.5 Å². The number of nitrogens with zero attached hydrogens (tertiary/aromatic N) is 1. The summed E-state index contributed by atoms with van der Waals surface area (Å²) < 4.78 is 0. The molecule has 0 aromatic rings. The first-order valence-electron chi connectivity index (χ1n) is 3.75. The summed E-state index contributed by atoms with van der Waals surface area (Å²) in [4.78, 5) is 4.28. The normalized spacial score (nSPS) is 25.0. The Balaban J connectivity index is 2.22. The number of rotatable bonds is 3. The van der Waals surface area contributed by atoms with Gasteiger partial charge in [0.1, 0.15) is 5.50 Å². The Morgan fingerprint density at radius 2 is 2.60 bits per heavy atom. The lowest BCUT2D eigenvalue weighted by atomic mass is 10.2. The van der Waals surface area contributed by atoms with Gasteiger partial charge in [-0.2, -0.15) is 0 Å². The third kappa shape index (κ3) is 2.31. The van der Waals surface area contributed by atoms with Crippen LogP contribution in [-0.4, -0.2) is 17.0 Å². The SMILES string of the molecule is CCCCC1=NC(N)SC1. The lowest BCUT2D eigenvalue weighted by Gasteiger charge is -1.94. The van der Waals surface area contributed by atoms with E-state index in [9.17, 15) is 0 Å². The molecule has 1 atom stereocenters. The fourth-order valence-corrected chi connectivity index (χ4v) is 1.76. The van der Waals surface area contributed by atoms with Crippen molar-refractivity contribution < 1.29 is 0 Å². The van der Waals surface area contributed by atoms with Crippen molar-refractivity contribution in [2.24, 2.45) is 10.7 Å². The molecule has 2 nitrogen and oxygen atoms in total. The molecule has 0 amide bonds. The van der Waals surface area contributed by atoms with E-state index >= 15 is 0 Å². The summed E-state index contributed by atoms with van der Waals surface area (Å²) in [7, 11) is 0. The van der Waals surface area contributed by atoms with Crippen molar-refractivity contribution in [3.05, 3.63) is 0 Å². The van der Waals surface area contributed by atoms with Crippen LogP contribution in [-0.2, 0) is 0 Å². The Kier molecular flexibility index (Phi) is 3.22. The monoisotopic (exact) mass is 158 g/mol. The van der Waals surface area contributed by atoms with E-state index in [1.165, 1.54) is 18.6 Å². The van der Waals surface area contributed by atoms with E-state index in [4.69, 9.17) is 5.73 Å². The number of thioether (sulfide) groups is 1. The van der Waals surface area contributed by atoms with E-state index in [0.29, 0.717) is 0 Å². The van der Waals surface area contributed by atoms with Crippen molar-refractivity contribution in [2.45, 2.75) is 31.7 Å². The fourth-order valence-electron chi connectivity index (χ4n) is 0.954. The summed E-state index contributed by atoms with van der Waals surface area (Å²) >= 11 is 1.73. The number of unbranched alkanes of at least 4 members (excludes halogenated alkanes) is 1. The van der Waals surface area contributed by atoms with E-state index in [0.717, 1.165) is 12.2 Å². The average molecular weight is 158 g/mol. The summed E-state index contributed by atoms with van der Waals surface area (Å²) in [5, 5.41) is 0. The minimum atomic E-state index is 0.0341. The third-order valence-electron chi connectivity index (χ3n) is 1.55. The molecule has 0 radical (unpaired) electrons. The highest BCUT2D eigenvalue weighted by Crippen LogP contribution is 2.17. The molecular weight excluding hydrogens is 144 g/mol. The molecule has 0 bridgehead atoms. The third-order valence-corrected chi connectivity index (χ3v) is 2.50. The molecule has 1 aliphatic heterocycles. The first-order chi connectivity index (χ1) is 4.83. The summed E-state index contributed by atoms with van der Waals surface area (Å²) in [5.74, 6) is 1.06. The number of hydrogen-bond donors (Lipinski definition) is 1. The average Bonchev–Trinajstić information content (AvgIpc) is 2.31. The van der Waals surface area contributed by atoms with Gasteiger partial charge in [0.15, 0.2) is 0 Å². The van der Waals surface area contributed by atoms with Crippen LogP contribution in [0.4, 0.5) is 0 Å². The molecule has 1 heterocycles. The lowest BCUT2D eigenvalue weighted by molar-refractivity contribution is 0.829. The van der Waals surface area contributed by atoms with Crippen LogP contribution in [0.15, 0.2) is 4.99 Å². The molecule has 0 aliphatic carbocycles. The zero-order chi connectivity index (χ0) is 7.40. The molecule has 0 saturated carbocycles. The van der Waals surface area contributed by atoms with Gasteiger partial charge in [-0.25, -0.2) is 0 Å². The smallest absolute Gasteiger partial charge is 0.144 e. The Bertz CT molecular complexity index is 134. The van der Waals surface area contributed by atoms with Gasteiger partial charge in [-0.15, -0.1) is 11.8 Å². The van der Waals surface area contributed by atoms with E-state index in [1.807, 2.05) is 0 Å². The van der Waals surface area contributed by atoms with Crippen LogP contribution >= 0.6 is 11.8 Å². The van der Waals surface area contributed by atoms with Gasteiger partial charge >= 0.3 is 0 Å². The minimum absolute atomic E-state index is 0.0341. The van der Waals surface area contributed by atoms with E-state index in [1.54, 1.807) is 11.8 Å². The van der Waals surface area contributed by atoms with Gasteiger partial charge in [0, 0.05) is 11.5 Å². The molecule has 2 N–H and O–H groups in total. The molecule has 0 aromatic heterocycles. The topological polar surface area (TPSA) is 38.4 Å². The zero-order valence-electron chi connectivity index (χ0n) is 6.34. The Morgan fingerprint density at radius 1 is 1.80 bits per heavy atom. The predicted molar refractivity (Wildman–Crippen MR) is 47.4 cm³/mol. The van der Waals surface area contributed by atoms with Gasteiger partial charge in [-0.05, 0) is 12.8 Å². The Labute approximate surface area is 66.3 Å². The number of nitrogens with two attached hydrogens (primary N) is 1. The number of aliphatic imine (C=N–C) groups is 1. The van der Waals surface area contributed by atoms with Gasteiger partial charge in [-0.3, -0.25) is 4.99 Å². The molecule has 1 aliphatic rings. The van der Waals surface area contributed by atoms with Gasteiger partial charge in [-0.1, -0.05) is 13.3 Å². The Hall–Kier alpha value is -0.0200. The maximum atomic E-state index is 5.57. The molecule has 0 spiro atoms. The van der Waals surface area contributed by atoms with Crippen LogP contribution in [0, 0.1) is 0 Å². The minimum Gasteiger partial charge on any atom is -0.301 e. The molecule has 58 valence electrons. The van der Waals surface area contributed by atoms with Gasteiger partial charge in [0.25, 0.3) is 0 Å². The van der Waals surface area contributed by atoms with E-state index < -0.39 is 0 Å². The molecule has 0 saturated heterocycles. The first-order valence-corrected chi connectivity index (χ1v) is 4.80. The van der Waals surface area contributed by atoms with Crippen molar-refractivity contribution in [2.75, 3.05) is 5.75 Å². The maximum absolute atomic E-state index is 5.57. The van der Waals surface area contributed by atoms with Crippen LogP contribution in [0.3, 0.4) is 0 Å². The van der Waals surface area contributed by atoms with Crippen LogP contribution in [0.25, 0.3) is 0 Å². The van der Waals surface area contributed by atoms with Crippen LogP contribution < -0.4 is 5.73 Å². The van der Waals surface area contributed by atoms with Crippen molar-refractivity contribution in [3.8, 4) is 0 Å². The molecular formula is C7H14N2S. The molecule has 0 fully saturated rings. The highest BCUT2D eigenvalue weighted by Gasteiger charge is 2.12. The lowest BCUT2D eigenvalue weighted by Crippen LogP contribution is -2.07. The highest BCUT2D eigenvalue weighted by atomic mass is 32.2. The zero-order valence-corrected chi connectivity index (χ0v) is 7.16. The first kappa shape index (κ1) is 8.08. The van der Waals surface area contributed by atoms with E-state index in [2.05, 4.69) is 11.9 Å². The second kappa shape index (κ2) is 3.98. The summed E-state index contributed by atoms with van der Waals surface area (Å²) in [6.45, 7) is 2.20. The van der Waals surface area contributed by atoms with Gasteiger partial charge < -0.3 is 5.73 Å². The molecule has 1 unspecified atom stereocenters. The van der Waals surface area contributed by atoms with Crippen molar-refractivity contribution in [1.29, 1.82) is 0 Å². The fraction of sp³-hybridized carbons (Fsp3) is 0.857. The van der Waals surface area contributed by atoms with Crippen LogP contribution in [0.5, 0.6) is 0 Å². The van der Waals surface area contributed by atoms with Gasteiger partial charge in [0.2, 0.25) is 0 Å². The van der Waals surface area contributed by atoms with Crippen molar-refractivity contribution in [1.82, 2.24) is 0 Å². The standard InChI is InChI=1S/C7H14N2S/c1-2-3-4-6-5-10-7(8)9-6/h7H,2-5,8H2,1H3. The molecule has 3 heteroatoms. The largest absolute Gasteiger partial charge is 0.301 e. The number of hydrogen-bond acceptors (Lipinski definition) is 3. The summed E-state index contributed by atoms with van der Waals surface area (Å²) in [5.41, 5.74) is 6.91. The quantitative estimate of drug-likeness (QED) is 0.677. The second-order valence-corrected chi connectivity index (χ2v) is 3.61. The van der Waals surface area contributed by atoms with Crippen molar-refractivity contribution in [3.63, 3.8) is 0 Å². The second-order valence-electron chi connectivity index (χ2n) is 2.50. The van der Waals surface area contributed by atoms with Gasteiger partial charge in [0.05, 0.1) is 0 Å². The summed E-state index contributed by atoms with van der Waals surface area (Å²) in [6, 6.07) is 0. The predicted octanol–water partition coefficient (Wildman–Crippen LogP) is 1.61. The Morgan fingerprint density at radius 3 is 3.10 bits per heavy atom. The molecule has 10 heavy (non-hydrogen) atoms. The molecule has 1 rings (SSSR count). The highest BCUT2D eigenvalue weighted by molar-refractivity contribution is 8.00. The maximum Gasteiger partial charge on any atom is 0.144 e. The molecule has 0 aromatic carbocycles.